The van der Waals surface area contributed by atoms with Crippen molar-refractivity contribution in [3.05, 3.63) is 23.8 Å². The van der Waals surface area contributed by atoms with Crippen LogP contribution in [0, 0.1) is 0 Å². The van der Waals surface area contributed by atoms with Crippen molar-refractivity contribution in [2.45, 2.75) is 38.5 Å². The van der Waals surface area contributed by atoms with Crippen LogP contribution in [-0.2, 0) is 0 Å². The maximum atomic E-state index is 4.27. The van der Waals surface area contributed by atoms with Crippen molar-refractivity contribution < 1.29 is 0 Å². The molecule has 14 heavy (non-hydrogen) atoms. The van der Waals surface area contributed by atoms with Gasteiger partial charge in [0, 0.05) is 6.21 Å². The van der Waals surface area contributed by atoms with Crippen LogP contribution in [0.3, 0.4) is 0 Å². The highest BCUT2D eigenvalue weighted by Gasteiger charge is 2.09. The predicted octanol–water partition coefficient (Wildman–Crippen LogP) is 3.26. The van der Waals surface area contributed by atoms with E-state index in [2.05, 4.69) is 28.4 Å². The molecule has 2 nitrogen and oxygen atoms in total. The summed E-state index contributed by atoms with van der Waals surface area (Å²) in [5.74, 6) is 0. The third-order valence-corrected chi connectivity index (χ3v) is 2.63. The molecule has 1 heterocycles. The van der Waals surface area contributed by atoms with E-state index in [1.807, 2.05) is 6.21 Å². The molecule has 0 aromatic carbocycles. The summed E-state index contributed by atoms with van der Waals surface area (Å²) in [7, 11) is 0. The Labute approximate surface area is 85.1 Å². The van der Waals surface area contributed by atoms with E-state index in [-0.39, 0.29) is 0 Å². The minimum Gasteiger partial charge on any atom is -0.163 e. The van der Waals surface area contributed by atoms with Crippen LogP contribution >= 0.6 is 0 Å². The van der Waals surface area contributed by atoms with E-state index in [4.69, 9.17) is 0 Å². The maximum absolute atomic E-state index is 4.27. The summed E-state index contributed by atoms with van der Waals surface area (Å²) >= 11 is 0. The van der Waals surface area contributed by atoms with Gasteiger partial charge in [-0.25, -0.2) is 0 Å². The highest BCUT2D eigenvalue weighted by Crippen LogP contribution is 2.18. The normalized spacial score (nSPS) is 22.3. The molecule has 0 N–H and O–H groups in total. The van der Waals surface area contributed by atoms with Crippen molar-refractivity contribution in [3.8, 4) is 0 Å². The summed E-state index contributed by atoms with van der Waals surface area (Å²) in [5.41, 5.74) is 2.59. The predicted molar refractivity (Wildman–Crippen MR) is 60.9 cm³/mol. The first-order valence-electron chi connectivity index (χ1n) is 5.41. The summed E-state index contributed by atoms with van der Waals surface area (Å²) in [4.78, 5) is 0. The molecule has 0 saturated carbocycles. The number of nitrogens with zero attached hydrogens (tertiary/aromatic N) is 2. The average molecular weight is 188 g/mol. The Kier molecular flexibility index (Phi) is 3.28. The second kappa shape index (κ2) is 4.89. The molecule has 0 aromatic heterocycles. The lowest BCUT2D eigenvalue weighted by Crippen LogP contribution is -2.01. The van der Waals surface area contributed by atoms with Crippen molar-refractivity contribution in [3.63, 3.8) is 0 Å². The molecule has 2 heteroatoms. The first-order valence-corrected chi connectivity index (χ1v) is 5.41. The van der Waals surface area contributed by atoms with E-state index < -0.39 is 0 Å². The van der Waals surface area contributed by atoms with Gasteiger partial charge in [-0.1, -0.05) is 18.2 Å². The monoisotopic (exact) mass is 188 g/mol. The van der Waals surface area contributed by atoms with Gasteiger partial charge in [0.15, 0.2) is 0 Å². The van der Waals surface area contributed by atoms with Crippen LogP contribution in [0.1, 0.15) is 38.5 Å². The molecule has 2 aliphatic rings. The van der Waals surface area contributed by atoms with Gasteiger partial charge in [-0.3, -0.25) is 0 Å². The first kappa shape index (κ1) is 9.38. The van der Waals surface area contributed by atoms with Gasteiger partial charge in [0.05, 0.1) is 5.71 Å². The first-order chi connectivity index (χ1) is 6.97. The van der Waals surface area contributed by atoms with E-state index >= 15 is 0 Å². The van der Waals surface area contributed by atoms with Gasteiger partial charge in [-0.15, -0.1) is 0 Å². The molecule has 0 spiro atoms. The SMILES string of the molecule is C1=CCCCC(C2=NN=CCCC2)=C1. The smallest absolute Gasteiger partial charge is 0.0662 e. The summed E-state index contributed by atoms with van der Waals surface area (Å²) < 4.78 is 0. The Morgan fingerprint density at radius 3 is 3.00 bits per heavy atom. The zero-order valence-electron chi connectivity index (χ0n) is 8.45. The quantitative estimate of drug-likeness (QED) is 0.603. The molecule has 0 bridgehead atoms. The molecule has 0 amide bonds. The van der Waals surface area contributed by atoms with Gasteiger partial charge in [-0.05, 0) is 44.1 Å². The molecule has 0 unspecified atom stereocenters. The largest absolute Gasteiger partial charge is 0.163 e. The Balaban J connectivity index is 2.12. The second-order valence-electron chi connectivity index (χ2n) is 3.75. The molecule has 0 aromatic rings. The van der Waals surface area contributed by atoms with Crippen LogP contribution in [0.4, 0.5) is 0 Å². The summed E-state index contributed by atoms with van der Waals surface area (Å²) in [5, 5.41) is 8.33. The topological polar surface area (TPSA) is 24.7 Å². The lowest BCUT2D eigenvalue weighted by atomic mass is 10.0. The van der Waals surface area contributed by atoms with Gasteiger partial charge in [0.2, 0.25) is 0 Å². The molecule has 1 aliphatic carbocycles. The Morgan fingerprint density at radius 1 is 1.07 bits per heavy atom. The van der Waals surface area contributed by atoms with Crippen molar-refractivity contribution in [2.75, 3.05) is 0 Å². The number of rotatable bonds is 1. The molecule has 0 radical (unpaired) electrons. The van der Waals surface area contributed by atoms with Crippen molar-refractivity contribution >= 4 is 11.9 Å². The summed E-state index contributed by atoms with van der Waals surface area (Å²) in [6, 6.07) is 0. The van der Waals surface area contributed by atoms with Crippen molar-refractivity contribution in [1.82, 2.24) is 0 Å². The third-order valence-electron chi connectivity index (χ3n) is 2.63. The summed E-state index contributed by atoms with van der Waals surface area (Å²) in [6.45, 7) is 0. The zero-order chi connectivity index (χ0) is 9.64. The Bertz CT molecular complexity index is 276. The second-order valence-corrected chi connectivity index (χ2v) is 3.75. The molecular formula is C12H16N2. The van der Waals surface area contributed by atoms with E-state index in [0.717, 1.165) is 19.3 Å². The number of hydrogen-bond acceptors (Lipinski definition) is 2. The maximum Gasteiger partial charge on any atom is 0.0662 e. The molecular weight excluding hydrogens is 172 g/mol. The van der Waals surface area contributed by atoms with Crippen LogP contribution in [0.2, 0.25) is 0 Å². The van der Waals surface area contributed by atoms with Gasteiger partial charge < -0.3 is 0 Å². The van der Waals surface area contributed by atoms with Crippen molar-refractivity contribution in [1.29, 1.82) is 0 Å². The minimum absolute atomic E-state index is 1.07. The van der Waals surface area contributed by atoms with Gasteiger partial charge in [0.25, 0.3) is 0 Å². The fourth-order valence-electron chi connectivity index (χ4n) is 1.82. The van der Waals surface area contributed by atoms with Crippen LogP contribution in [0.5, 0.6) is 0 Å². The molecule has 0 fully saturated rings. The minimum atomic E-state index is 1.07. The standard InChI is InChI=1S/C12H16N2/c1-2-4-8-11(7-3-1)12-9-5-6-10-13-14-12/h1,3,7,10H,2,4-6,8-9H2. The van der Waals surface area contributed by atoms with Gasteiger partial charge >= 0.3 is 0 Å². The Hall–Kier alpha value is -1.18. The highest BCUT2D eigenvalue weighted by atomic mass is 15.2. The summed E-state index contributed by atoms with van der Waals surface area (Å²) in [6.07, 6.45) is 15.4. The van der Waals surface area contributed by atoms with Crippen LogP contribution < -0.4 is 0 Å². The third kappa shape index (κ3) is 2.41. The Morgan fingerprint density at radius 2 is 2.00 bits per heavy atom. The molecule has 1 aliphatic heterocycles. The molecule has 0 atom stereocenters. The van der Waals surface area contributed by atoms with Crippen molar-refractivity contribution in [2.24, 2.45) is 10.2 Å². The van der Waals surface area contributed by atoms with E-state index in [1.54, 1.807) is 0 Å². The van der Waals surface area contributed by atoms with Gasteiger partial charge in [0.1, 0.15) is 0 Å². The highest BCUT2D eigenvalue weighted by molar-refractivity contribution is 6.00. The number of hydrogen-bond donors (Lipinski definition) is 0. The van der Waals surface area contributed by atoms with E-state index in [0.29, 0.717) is 0 Å². The average Bonchev–Trinajstić information content (AvgIpc) is 2.62. The van der Waals surface area contributed by atoms with E-state index in [1.165, 1.54) is 30.5 Å². The van der Waals surface area contributed by atoms with E-state index in [9.17, 15) is 0 Å². The van der Waals surface area contributed by atoms with Crippen LogP contribution in [-0.4, -0.2) is 11.9 Å². The lowest BCUT2D eigenvalue weighted by molar-refractivity contribution is 0.850. The lowest BCUT2D eigenvalue weighted by Gasteiger charge is -2.06. The number of allylic oxidation sites excluding steroid dienone is 4. The zero-order valence-corrected chi connectivity index (χ0v) is 8.45. The fourth-order valence-corrected chi connectivity index (χ4v) is 1.82. The fraction of sp³-hybridized carbons (Fsp3) is 0.500. The molecule has 0 saturated heterocycles. The molecule has 74 valence electrons. The molecule has 2 rings (SSSR count). The van der Waals surface area contributed by atoms with Crippen LogP contribution in [0.15, 0.2) is 34.0 Å². The van der Waals surface area contributed by atoms with Crippen LogP contribution in [0.25, 0.3) is 0 Å². The van der Waals surface area contributed by atoms with Gasteiger partial charge in [-0.2, -0.15) is 10.2 Å².